The molecule has 0 amide bonds. The first kappa shape index (κ1) is 17.1. The Morgan fingerprint density at radius 1 is 1.12 bits per heavy atom. The Labute approximate surface area is 147 Å². The van der Waals surface area contributed by atoms with E-state index in [2.05, 4.69) is 41.3 Å². The van der Waals surface area contributed by atoms with Crippen molar-refractivity contribution >= 4 is 17.7 Å². The Morgan fingerprint density at radius 2 is 1.79 bits per heavy atom. The minimum atomic E-state index is -0.665. The van der Waals surface area contributed by atoms with E-state index in [-0.39, 0.29) is 12.0 Å². The molecule has 1 fully saturated rings. The Balaban J connectivity index is 1.62. The summed E-state index contributed by atoms with van der Waals surface area (Å²) in [5.74, 6) is -0.909. The first-order chi connectivity index (χ1) is 11.6. The lowest BCUT2D eigenvalue weighted by atomic mass is 9.90. The van der Waals surface area contributed by atoms with Crippen molar-refractivity contribution in [2.24, 2.45) is 5.92 Å². The fourth-order valence-corrected chi connectivity index (χ4v) is 4.13. The van der Waals surface area contributed by atoms with Crippen molar-refractivity contribution in [3.63, 3.8) is 0 Å². The van der Waals surface area contributed by atoms with Crippen molar-refractivity contribution in [3.05, 3.63) is 60.2 Å². The molecule has 0 aromatic heterocycles. The van der Waals surface area contributed by atoms with Gasteiger partial charge in [0.15, 0.2) is 0 Å². The van der Waals surface area contributed by atoms with Gasteiger partial charge in [0.25, 0.3) is 0 Å². The minimum Gasteiger partial charge on any atom is -0.481 e. The number of likely N-dealkylation sites (tertiary alicyclic amines) is 1. The van der Waals surface area contributed by atoms with Crippen LogP contribution >= 0.6 is 11.8 Å². The van der Waals surface area contributed by atoms with E-state index in [1.807, 2.05) is 25.1 Å². The summed E-state index contributed by atoms with van der Waals surface area (Å²) in [6.07, 6.45) is 1.75. The number of carboxylic acid groups (broad SMARTS) is 1. The van der Waals surface area contributed by atoms with Gasteiger partial charge in [-0.3, -0.25) is 9.69 Å². The maximum Gasteiger partial charge on any atom is 0.308 e. The summed E-state index contributed by atoms with van der Waals surface area (Å²) in [5, 5.41) is 9.34. The number of benzene rings is 2. The monoisotopic (exact) mass is 341 g/mol. The van der Waals surface area contributed by atoms with E-state index < -0.39 is 5.97 Å². The highest BCUT2D eigenvalue weighted by Crippen LogP contribution is 2.29. The molecule has 0 spiro atoms. The lowest BCUT2D eigenvalue weighted by Gasteiger charge is -2.37. The van der Waals surface area contributed by atoms with E-state index in [0.717, 1.165) is 25.9 Å². The lowest BCUT2D eigenvalue weighted by Crippen LogP contribution is -2.45. The number of carbonyl (C=O) groups is 1. The number of carboxylic acids is 1. The van der Waals surface area contributed by atoms with E-state index >= 15 is 0 Å². The van der Waals surface area contributed by atoms with Crippen LogP contribution in [0.4, 0.5) is 0 Å². The average molecular weight is 341 g/mol. The van der Waals surface area contributed by atoms with Gasteiger partial charge in [0.2, 0.25) is 0 Å². The van der Waals surface area contributed by atoms with Gasteiger partial charge in [0.05, 0.1) is 5.92 Å². The highest BCUT2D eigenvalue weighted by Gasteiger charge is 2.32. The topological polar surface area (TPSA) is 40.5 Å². The van der Waals surface area contributed by atoms with Gasteiger partial charge in [-0.2, -0.15) is 0 Å². The molecule has 0 bridgehead atoms. The van der Waals surface area contributed by atoms with Crippen molar-refractivity contribution < 1.29 is 9.90 Å². The smallest absolute Gasteiger partial charge is 0.308 e. The van der Waals surface area contributed by atoms with Crippen molar-refractivity contribution in [2.75, 3.05) is 6.54 Å². The molecule has 1 N–H and O–H groups in total. The molecule has 1 saturated heterocycles. The first-order valence-electron chi connectivity index (χ1n) is 8.42. The Hall–Kier alpha value is -1.78. The van der Waals surface area contributed by atoms with Gasteiger partial charge in [-0.05, 0) is 56.1 Å². The third kappa shape index (κ3) is 4.19. The highest BCUT2D eigenvalue weighted by molar-refractivity contribution is 7.99. The molecule has 1 aliphatic heterocycles. The van der Waals surface area contributed by atoms with Crippen molar-refractivity contribution in [2.45, 2.75) is 42.1 Å². The molecule has 0 saturated carbocycles. The SMILES string of the molecule is C[C@@H]1[C@H](C(=O)O)CCCN1Cc1ccc(Sc2ccccc2)cc1. The third-order valence-electron chi connectivity index (χ3n) is 4.72. The summed E-state index contributed by atoms with van der Waals surface area (Å²) in [5.41, 5.74) is 1.24. The summed E-state index contributed by atoms with van der Waals surface area (Å²) >= 11 is 1.76. The first-order valence-corrected chi connectivity index (χ1v) is 9.24. The van der Waals surface area contributed by atoms with E-state index in [9.17, 15) is 9.90 Å². The zero-order valence-electron chi connectivity index (χ0n) is 13.9. The predicted octanol–water partition coefficient (Wildman–Crippen LogP) is 4.52. The zero-order chi connectivity index (χ0) is 16.9. The summed E-state index contributed by atoms with van der Waals surface area (Å²) < 4.78 is 0. The summed E-state index contributed by atoms with van der Waals surface area (Å²) in [6, 6.07) is 19.0. The van der Waals surface area contributed by atoms with Gasteiger partial charge in [0.1, 0.15) is 0 Å². The number of piperidine rings is 1. The number of aliphatic carboxylic acids is 1. The van der Waals surface area contributed by atoms with Crippen LogP contribution in [0.25, 0.3) is 0 Å². The largest absolute Gasteiger partial charge is 0.481 e. The number of hydrogen-bond donors (Lipinski definition) is 1. The second-order valence-electron chi connectivity index (χ2n) is 6.36. The van der Waals surface area contributed by atoms with E-state index in [0.29, 0.717) is 0 Å². The summed E-state index contributed by atoms with van der Waals surface area (Å²) in [4.78, 5) is 16.1. The van der Waals surface area contributed by atoms with Crippen molar-refractivity contribution in [1.29, 1.82) is 0 Å². The van der Waals surface area contributed by atoms with Crippen molar-refractivity contribution in [3.8, 4) is 0 Å². The fourth-order valence-electron chi connectivity index (χ4n) is 3.29. The van der Waals surface area contributed by atoms with Crippen LogP contribution in [0.5, 0.6) is 0 Å². The van der Waals surface area contributed by atoms with Crippen LogP contribution in [0.1, 0.15) is 25.3 Å². The van der Waals surface area contributed by atoms with E-state index in [1.165, 1.54) is 15.4 Å². The number of nitrogens with zero attached hydrogens (tertiary/aromatic N) is 1. The molecule has 2 atom stereocenters. The molecule has 24 heavy (non-hydrogen) atoms. The molecule has 0 radical (unpaired) electrons. The van der Waals surface area contributed by atoms with Crippen LogP contribution in [-0.2, 0) is 11.3 Å². The van der Waals surface area contributed by atoms with Gasteiger partial charge < -0.3 is 5.11 Å². The quantitative estimate of drug-likeness (QED) is 0.868. The van der Waals surface area contributed by atoms with Crippen LogP contribution in [0, 0.1) is 5.92 Å². The molecule has 3 nitrogen and oxygen atoms in total. The van der Waals surface area contributed by atoms with Gasteiger partial charge in [-0.1, -0.05) is 42.1 Å². The normalized spacial score (nSPS) is 21.5. The summed E-state index contributed by atoms with van der Waals surface area (Å²) in [6.45, 7) is 3.84. The highest BCUT2D eigenvalue weighted by atomic mass is 32.2. The van der Waals surface area contributed by atoms with Gasteiger partial charge >= 0.3 is 5.97 Å². The molecular weight excluding hydrogens is 318 g/mol. The lowest BCUT2D eigenvalue weighted by molar-refractivity contribution is -0.145. The van der Waals surface area contributed by atoms with Gasteiger partial charge in [-0.25, -0.2) is 0 Å². The zero-order valence-corrected chi connectivity index (χ0v) is 14.7. The molecule has 2 aromatic rings. The van der Waals surface area contributed by atoms with E-state index in [1.54, 1.807) is 11.8 Å². The Kier molecular flexibility index (Phi) is 5.59. The molecule has 0 aliphatic carbocycles. The fraction of sp³-hybridized carbons (Fsp3) is 0.350. The molecule has 4 heteroatoms. The maximum atomic E-state index is 11.4. The standard InChI is InChI=1S/C20H23NO2S/c1-15-19(20(22)23)8-5-13-21(15)14-16-9-11-18(12-10-16)24-17-6-3-2-4-7-17/h2-4,6-7,9-12,15,19H,5,8,13-14H2,1H3,(H,22,23)/t15-,19-/m1/s1. The number of rotatable bonds is 5. The maximum absolute atomic E-state index is 11.4. The summed E-state index contributed by atoms with van der Waals surface area (Å²) in [7, 11) is 0. The second kappa shape index (κ2) is 7.86. The van der Waals surface area contributed by atoms with E-state index in [4.69, 9.17) is 0 Å². The second-order valence-corrected chi connectivity index (χ2v) is 7.50. The van der Waals surface area contributed by atoms with Gasteiger partial charge in [0, 0.05) is 22.4 Å². The van der Waals surface area contributed by atoms with Crippen LogP contribution in [0.2, 0.25) is 0 Å². The molecule has 1 heterocycles. The van der Waals surface area contributed by atoms with Crippen LogP contribution in [0.15, 0.2) is 64.4 Å². The average Bonchev–Trinajstić information content (AvgIpc) is 2.59. The Morgan fingerprint density at radius 3 is 2.46 bits per heavy atom. The molecule has 1 aliphatic rings. The minimum absolute atomic E-state index is 0.0922. The van der Waals surface area contributed by atoms with Crippen molar-refractivity contribution in [1.82, 2.24) is 4.90 Å². The number of hydrogen-bond acceptors (Lipinski definition) is 3. The van der Waals surface area contributed by atoms with Crippen LogP contribution < -0.4 is 0 Å². The third-order valence-corrected chi connectivity index (χ3v) is 5.74. The predicted molar refractivity (Wildman–Crippen MR) is 97.2 cm³/mol. The molecule has 2 aromatic carbocycles. The van der Waals surface area contributed by atoms with Gasteiger partial charge in [-0.15, -0.1) is 0 Å². The molecule has 3 rings (SSSR count). The van der Waals surface area contributed by atoms with Crippen LogP contribution in [-0.4, -0.2) is 28.6 Å². The van der Waals surface area contributed by atoms with Crippen LogP contribution in [0.3, 0.4) is 0 Å². The molecule has 0 unspecified atom stereocenters. The Bertz CT molecular complexity index is 672. The molecule has 126 valence electrons. The molecular formula is C20H23NO2S.